The maximum atomic E-state index is 13.2. The summed E-state index contributed by atoms with van der Waals surface area (Å²) in [5.41, 5.74) is 3.09. The van der Waals surface area contributed by atoms with Gasteiger partial charge in [-0.3, -0.25) is 9.59 Å². The summed E-state index contributed by atoms with van der Waals surface area (Å²) in [7, 11) is 0. The third-order valence-electron chi connectivity index (χ3n) is 5.01. The monoisotopic (exact) mass is 379 g/mol. The number of dihydropyridines is 1. The van der Waals surface area contributed by atoms with E-state index in [0.29, 0.717) is 23.7 Å². The Morgan fingerprint density at radius 2 is 2.11 bits per heavy atom. The van der Waals surface area contributed by atoms with Crippen molar-refractivity contribution in [3.8, 4) is 0 Å². The van der Waals surface area contributed by atoms with Crippen molar-refractivity contribution < 1.29 is 9.59 Å². The minimum absolute atomic E-state index is 0.130. The van der Waals surface area contributed by atoms with E-state index in [1.54, 1.807) is 29.7 Å². The van der Waals surface area contributed by atoms with E-state index >= 15 is 0 Å². The Balaban J connectivity index is 1.77. The number of Topliss-reactive ketones (excluding diaryl/α,β-unsaturated/α-hetero) is 1. The van der Waals surface area contributed by atoms with Gasteiger partial charge in [0.05, 0.1) is 5.92 Å². The van der Waals surface area contributed by atoms with E-state index < -0.39 is 0 Å². The molecule has 6 heteroatoms. The van der Waals surface area contributed by atoms with Gasteiger partial charge in [-0.15, -0.1) is 11.3 Å². The highest BCUT2D eigenvalue weighted by molar-refractivity contribution is 7.10. The quantitative estimate of drug-likeness (QED) is 0.846. The maximum Gasteiger partial charge on any atom is 0.255 e. The molecular formula is C21H21N3O2S. The van der Waals surface area contributed by atoms with Crippen molar-refractivity contribution in [3.63, 3.8) is 0 Å². The highest BCUT2D eigenvalue weighted by Gasteiger charge is 2.40. The topological polar surface area (TPSA) is 71.1 Å². The van der Waals surface area contributed by atoms with E-state index in [1.165, 1.54) is 0 Å². The van der Waals surface area contributed by atoms with Crippen LogP contribution in [0.3, 0.4) is 0 Å². The van der Waals surface area contributed by atoms with Crippen molar-refractivity contribution in [1.82, 2.24) is 10.3 Å². The summed E-state index contributed by atoms with van der Waals surface area (Å²) in [6.07, 6.45) is 2.99. The van der Waals surface area contributed by atoms with Crippen molar-refractivity contribution in [1.29, 1.82) is 0 Å². The van der Waals surface area contributed by atoms with Crippen LogP contribution in [0.15, 0.2) is 64.4 Å². The summed E-state index contributed by atoms with van der Waals surface area (Å²) in [6, 6.07) is 9.34. The van der Waals surface area contributed by atoms with Crippen molar-refractivity contribution in [2.45, 2.75) is 32.6 Å². The summed E-state index contributed by atoms with van der Waals surface area (Å²) in [4.78, 5) is 31.3. The van der Waals surface area contributed by atoms with Gasteiger partial charge in [0, 0.05) is 40.0 Å². The molecule has 1 amide bonds. The van der Waals surface area contributed by atoms with Crippen LogP contribution in [0, 0.1) is 5.92 Å². The molecule has 0 saturated heterocycles. The highest BCUT2D eigenvalue weighted by atomic mass is 32.1. The van der Waals surface area contributed by atoms with Crippen LogP contribution in [0.2, 0.25) is 0 Å². The molecule has 27 heavy (non-hydrogen) atoms. The van der Waals surface area contributed by atoms with Gasteiger partial charge in [-0.2, -0.15) is 0 Å². The fourth-order valence-corrected chi connectivity index (χ4v) is 4.74. The number of nitrogens with zero attached hydrogens (tertiary/aromatic N) is 1. The Labute approximate surface area is 162 Å². The molecule has 0 spiro atoms. The second-order valence-corrected chi connectivity index (χ2v) is 8.09. The summed E-state index contributed by atoms with van der Waals surface area (Å²) in [5, 5.41) is 8.21. The third kappa shape index (κ3) is 3.32. The number of nitrogens with one attached hydrogen (secondary N) is 2. The van der Waals surface area contributed by atoms with Gasteiger partial charge in [-0.25, -0.2) is 4.98 Å². The van der Waals surface area contributed by atoms with Crippen LogP contribution in [-0.2, 0) is 9.59 Å². The van der Waals surface area contributed by atoms with Gasteiger partial charge in [-0.05, 0) is 42.8 Å². The van der Waals surface area contributed by atoms with Crippen LogP contribution in [0.1, 0.15) is 37.5 Å². The van der Waals surface area contributed by atoms with Crippen molar-refractivity contribution >= 4 is 28.8 Å². The molecule has 1 aliphatic heterocycles. The molecule has 3 heterocycles. The van der Waals surface area contributed by atoms with Crippen molar-refractivity contribution in [2.75, 3.05) is 5.32 Å². The van der Waals surface area contributed by atoms with Crippen LogP contribution >= 0.6 is 11.3 Å². The van der Waals surface area contributed by atoms with Gasteiger partial charge in [0.1, 0.15) is 5.82 Å². The number of hydrogen-bond acceptors (Lipinski definition) is 5. The number of carbonyl (C=O) groups is 2. The number of thiophene rings is 1. The first kappa shape index (κ1) is 17.7. The van der Waals surface area contributed by atoms with E-state index in [2.05, 4.69) is 22.5 Å². The molecule has 4 rings (SSSR count). The molecule has 2 unspecified atom stereocenters. The first-order chi connectivity index (χ1) is 13.0. The zero-order valence-electron chi connectivity index (χ0n) is 15.3. The van der Waals surface area contributed by atoms with Crippen molar-refractivity contribution in [3.05, 3.63) is 69.3 Å². The lowest BCUT2D eigenvalue weighted by Gasteiger charge is -2.35. The molecule has 5 nitrogen and oxygen atoms in total. The average Bonchev–Trinajstić information content (AvgIpc) is 3.15. The summed E-state index contributed by atoms with van der Waals surface area (Å²) in [6.45, 7) is 3.99. The number of hydrogen-bond donors (Lipinski definition) is 2. The molecule has 2 aromatic rings. The molecule has 0 saturated carbocycles. The fraction of sp³-hybridized carbons (Fsp3) is 0.286. The van der Waals surface area contributed by atoms with E-state index in [4.69, 9.17) is 0 Å². The number of pyridine rings is 1. The zero-order valence-corrected chi connectivity index (χ0v) is 16.1. The maximum absolute atomic E-state index is 13.2. The van der Waals surface area contributed by atoms with E-state index in [-0.39, 0.29) is 17.6 Å². The lowest BCUT2D eigenvalue weighted by atomic mass is 9.75. The fourth-order valence-electron chi connectivity index (χ4n) is 3.90. The minimum Gasteiger partial charge on any atom is -0.362 e. The highest BCUT2D eigenvalue weighted by Crippen LogP contribution is 2.44. The molecule has 138 valence electrons. The molecule has 2 atom stereocenters. The first-order valence-electron chi connectivity index (χ1n) is 9.04. The number of aromatic nitrogens is 1. The number of ketones is 1. The summed E-state index contributed by atoms with van der Waals surface area (Å²) in [5.74, 6) is 0.380. The molecule has 2 aliphatic rings. The largest absolute Gasteiger partial charge is 0.362 e. The normalized spacial score (nSPS) is 22.4. The molecule has 2 aromatic heterocycles. The second kappa shape index (κ2) is 7.12. The lowest BCUT2D eigenvalue weighted by Crippen LogP contribution is -2.36. The zero-order chi connectivity index (χ0) is 19.0. The number of carbonyl (C=O) groups excluding carboxylic acids is 2. The number of amides is 1. The SMILES string of the molecule is CC1=C(C(=O)Nc2ccccn2)C(c2cccs2)C2=C(CC(C)CC2=O)N1. The van der Waals surface area contributed by atoms with Gasteiger partial charge in [-0.1, -0.05) is 19.1 Å². The smallest absolute Gasteiger partial charge is 0.255 e. The van der Waals surface area contributed by atoms with Crippen LogP contribution in [-0.4, -0.2) is 16.7 Å². The first-order valence-corrected chi connectivity index (χ1v) is 9.92. The van der Waals surface area contributed by atoms with Crippen LogP contribution in [0.4, 0.5) is 5.82 Å². The molecule has 0 aromatic carbocycles. The van der Waals surface area contributed by atoms with Gasteiger partial charge >= 0.3 is 0 Å². The predicted octanol–water partition coefficient (Wildman–Crippen LogP) is 4.00. The van der Waals surface area contributed by atoms with Gasteiger partial charge in [0.2, 0.25) is 0 Å². The molecule has 0 bridgehead atoms. The van der Waals surface area contributed by atoms with Crippen LogP contribution in [0.5, 0.6) is 0 Å². The summed E-state index contributed by atoms with van der Waals surface area (Å²) < 4.78 is 0. The number of allylic oxidation sites excluding steroid dienone is 3. The second-order valence-electron chi connectivity index (χ2n) is 7.11. The molecular weight excluding hydrogens is 358 g/mol. The molecule has 0 radical (unpaired) electrons. The Morgan fingerprint density at radius 1 is 1.26 bits per heavy atom. The Morgan fingerprint density at radius 3 is 2.81 bits per heavy atom. The predicted molar refractivity (Wildman–Crippen MR) is 106 cm³/mol. The minimum atomic E-state index is -0.329. The van der Waals surface area contributed by atoms with E-state index in [1.807, 2.05) is 30.5 Å². The summed E-state index contributed by atoms with van der Waals surface area (Å²) >= 11 is 1.57. The lowest BCUT2D eigenvalue weighted by molar-refractivity contribution is -0.117. The molecule has 1 aliphatic carbocycles. The third-order valence-corrected chi connectivity index (χ3v) is 5.95. The molecule has 0 fully saturated rings. The van der Waals surface area contributed by atoms with E-state index in [0.717, 1.165) is 28.3 Å². The van der Waals surface area contributed by atoms with Crippen molar-refractivity contribution in [2.24, 2.45) is 5.92 Å². The molecule has 2 N–H and O–H groups in total. The van der Waals surface area contributed by atoms with Gasteiger partial charge in [0.25, 0.3) is 5.91 Å². The van der Waals surface area contributed by atoms with Gasteiger partial charge in [0.15, 0.2) is 5.78 Å². The average molecular weight is 379 g/mol. The van der Waals surface area contributed by atoms with E-state index in [9.17, 15) is 9.59 Å². The van der Waals surface area contributed by atoms with Crippen LogP contribution in [0.25, 0.3) is 0 Å². The Hall–Kier alpha value is -2.73. The number of anilines is 1. The Kier molecular flexibility index (Phi) is 4.66. The Bertz CT molecular complexity index is 945. The van der Waals surface area contributed by atoms with Gasteiger partial charge < -0.3 is 10.6 Å². The number of rotatable bonds is 3. The van der Waals surface area contributed by atoms with Crippen LogP contribution < -0.4 is 10.6 Å². The standard InChI is InChI=1S/C21H21N3O2S/c1-12-10-14-19(15(25)11-12)20(16-6-5-9-27-16)18(13(2)23-14)21(26)24-17-7-3-4-8-22-17/h3-9,12,20,23H,10-11H2,1-2H3,(H,22,24,26).